The highest BCUT2D eigenvalue weighted by Crippen LogP contribution is 2.24. The molecule has 4 nitrogen and oxygen atoms in total. The van der Waals surface area contributed by atoms with Gasteiger partial charge in [-0.05, 0) is 37.6 Å². The molecule has 0 spiro atoms. The summed E-state index contributed by atoms with van der Waals surface area (Å²) in [7, 11) is 0. The minimum absolute atomic E-state index is 0.0989. The molecule has 128 valence electrons. The molecule has 0 fully saturated rings. The van der Waals surface area contributed by atoms with Crippen LogP contribution in [0.2, 0.25) is 5.02 Å². The SMILES string of the molecule is Cc1[nH]c2ccccc2c1C(=O)[C@@H](C)OC(=O)Cc1ccc(Cl)cc1. The Morgan fingerprint density at radius 3 is 2.52 bits per heavy atom. The van der Waals surface area contributed by atoms with E-state index < -0.39 is 12.1 Å². The third-order valence-electron chi connectivity index (χ3n) is 4.08. The number of fused-ring (bicyclic) bond motifs is 1. The molecule has 2 aromatic carbocycles. The summed E-state index contributed by atoms with van der Waals surface area (Å²) in [4.78, 5) is 28.1. The fourth-order valence-electron chi connectivity index (χ4n) is 2.86. The van der Waals surface area contributed by atoms with Gasteiger partial charge in [0.15, 0.2) is 6.10 Å². The number of benzene rings is 2. The minimum atomic E-state index is -0.849. The van der Waals surface area contributed by atoms with Gasteiger partial charge in [0.2, 0.25) is 5.78 Å². The topological polar surface area (TPSA) is 59.2 Å². The number of hydrogen-bond donors (Lipinski definition) is 1. The Bertz CT molecular complexity index is 928. The van der Waals surface area contributed by atoms with Gasteiger partial charge in [0.25, 0.3) is 0 Å². The maximum atomic E-state index is 12.8. The van der Waals surface area contributed by atoms with Crippen molar-refractivity contribution in [3.05, 3.63) is 70.4 Å². The van der Waals surface area contributed by atoms with E-state index in [9.17, 15) is 9.59 Å². The number of rotatable bonds is 5. The molecule has 1 heterocycles. The molecule has 25 heavy (non-hydrogen) atoms. The van der Waals surface area contributed by atoms with Crippen LogP contribution in [-0.2, 0) is 16.0 Å². The smallest absolute Gasteiger partial charge is 0.310 e. The van der Waals surface area contributed by atoms with Crippen molar-refractivity contribution in [3.8, 4) is 0 Å². The lowest BCUT2D eigenvalue weighted by Gasteiger charge is -2.13. The Hall–Kier alpha value is -2.59. The summed E-state index contributed by atoms with van der Waals surface area (Å²) in [5.41, 5.74) is 3.02. The van der Waals surface area contributed by atoms with Crippen molar-refractivity contribution >= 4 is 34.3 Å². The molecule has 3 rings (SSSR count). The van der Waals surface area contributed by atoms with E-state index in [4.69, 9.17) is 16.3 Å². The second kappa shape index (κ2) is 7.11. The predicted molar refractivity (Wildman–Crippen MR) is 98.1 cm³/mol. The van der Waals surface area contributed by atoms with Crippen molar-refractivity contribution in [1.29, 1.82) is 0 Å². The molecule has 0 saturated heterocycles. The first-order chi connectivity index (χ1) is 12.0. The summed E-state index contributed by atoms with van der Waals surface area (Å²) in [6.45, 7) is 3.44. The van der Waals surface area contributed by atoms with E-state index in [1.165, 1.54) is 0 Å². The summed E-state index contributed by atoms with van der Waals surface area (Å²) in [5.74, 6) is -0.653. The van der Waals surface area contributed by atoms with Crippen LogP contribution in [0.25, 0.3) is 10.9 Å². The van der Waals surface area contributed by atoms with Crippen molar-refractivity contribution in [3.63, 3.8) is 0 Å². The summed E-state index contributed by atoms with van der Waals surface area (Å²) in [6.07, 6.45) is -0.750. The average Bonchev–Trinajstić information content (AvgIpc) is 2.91. The number of aromatic amines is 1. The average molecular weight is 356 g/mol. The maximum absolute atomic E-state index is 12.8. The van der Waals surface area contributed by atoms with Crippen LogP contribution in [0, 0.1) is 6.92 Å². The van der Waals surface area contributed by atoms with Crippen LogP contribution in [0.3, 0.4) is 0 Å². The zero-order chi connectivity index (χ0) is 18.0. The quantitative estimate of drug-likeness (QED) is 0.542. The minimum Gasteiger partial charge on any atom is -0.454 e. The Morgan fingerprint density at radius 1 is 1.12 bits per heavy atom. The van der Waals surface area contributed by atoms with Gasteiger partial charge in [-0.15, -0.1) is 0 Å². The van der Waals surface area contributed by atoms with Crippen molar-refractivity contribution in [1.82, 2.24) is 4.98 Å². The standard InChI is InChI=1S/C20H18ClNO3/c1-12-19(16-5-3-4-6-17(16)22-12)20(24)13(2)25-18(23)11-14-7-9-15(21)10-8-14/h3-10,13,22H,11H2,1-2H3/t13-/m1/s1. The molecule has 0 aliphatic carbocycles. The van der Waals surface area contributed by atoms with E-state index in [1.807, 2.05) is 31.2 Å². The second-order valence-electron chi connectivity index (χ2n) is 5.97. The van der Waals surface area contributed by atoms with E-state index >= 15 is 0 Å². The zero-order valence-electron chi connectivity index (χ0n) is 14.0. The highest BCUT2D eigenvalue weighted by molar-refractivity contribution is 6.30. The van der Waals surface area contributed by atoms with Gasteiger partial charge in [-0.25, -0.2) is 0 Å². The number of ketones is 1. The number of esters is 1. The van der Waals surface area contributed by atoms with E-state index in [0.29, 0.717) is 10.6 Å². The lowest BCUT2D eigenvalue weighted by molar-refractivity contribution is -0.145. The predicted octanol–water partition coefficient (Wildman–Crippen LogP) is 4.49. The van der Waals surface area contributed by atoms with Crippen LogP contribution in [0.15, 0.2) is 48.5 Å². The molecule has 1 N–H and O–H groups in total. The number of para-hydroxylation sites is 1. The Kier molecular flexibility index (Phi) is 4.91. The van der Waals surface area contributed by atoms with Crippen molar-refractivity contribution < 1.29 is 14.3 Å². The number of ether oxygens (including phenoxy) is 1. The summed E-state index contributed by atoms with van der Waals surface area (Å²) in [5, 5.41) is 1.45. The molecule has 1 atom stereocenters. The van der Waals surface area contributed by atoms with E-state index in [0.717, 1.165) is 22.2 Å². The molecule has 0 amide bonds. The largest absolute Gasteiger partial charge is 0.454 e. The summed E-state index contributed by atoms with van der Waals surface area (Å²) in [6, 6.07) is 14.5. The molecule has 0 aliphatic rings. The highest BCUT2D eigenvalue weighted by Gasteiger charge is 2.24. The molecular formula is C20H18ClNO3. The molecule has 3 aromatic rings. The fraction of sp³-hybridized carbons (Fsp3) is 0.200. The van der Waals surface area contributed by atoms with Crippen LogP contribution in [0.4, 0.5) is 0 Å². The fourth-order valence-corrected chi connectivity index (χ4v) is 2.98. The van der Waals surface area contributed by atoms with E-state index in [-0.39, 0.29) is 12.2 Å². The first-order valence-electron chi connectivity index (χ1n) is 8.01. The third-order valence-corrected chi connectivity index (χ3v) is 4.33. The zero-order valence-corrected chi connectivity index (χ0v) is 14.8. The van der Waals surface area contributed by atoms with Gasteiger partial charge in [0.1, 0.15) is 0 Å². The Labute approximate surface area is 150 Å². The maximum Gasteiger partial charge on any atom is 0.310 e. The molecule has 1 aromatic heterocycles. The van der Waals surface area contributed by atoms with E-state index in [1.54, 1.807) is 31.2 Å². The van der Waals surface area contributed by atoms with E-state index in [2.05, 4.69) is 4.98 Å². The molecule has 0 saturated carbocycles. The number of halogens is 1. The first-order valence-corrected chi connectivity index (χ1v) is 8.39. The summed E-state index contributed by atoms with van der Waals surface area (Å²) >= 11 is 5.83. The molecule has 0 bridgehead atoms. The molecule has 0 unspecified atom stereocenters. The number of aromatic nitrogens is 1. The van der Waals surface area contributed by atoms with Crippen molar-refractivity contribution in [2.75, 3.05) is 0 Å². The number of nitrogens with one attached hydrogen (secondary N) is 1. The number of hydrogen-bond acceptors (Lipinski definition) is 3. The number of Topliss-reactive ketones (excluding diaryl/α,β-unsaturated/α-hetero) is 1. The lowest BCUT2D eigenvalue weighted by atomic mass is 10.0. The van der Waals surface area contributed by atoms with Gasteiger partial charge in [-0.2, -0.15) is 0 Å². The Balaban J connectivity index is 1.72. The monoisotopic (exact) mass is 355 g/mol. The van der Waals surface area contributed by atoms with Gasteiger partial charge in [0, 0.05) is 27.2 Å². The molecule has 0 radical (unpaired) electrons. The van der Waals surface area contributed by atoms with Gasteiger partial charge in [0.05, 0.1) is 6.42 Å². The van der Waals surface area contributed by atoms with Gasteiger partial charge >= 0.3 is 5.97 Å². The van der Waals surface area contributed by atoms with Crippen molar-refractivity contribution in [2.24, 2.45) is 0 Å². The summed E-state index contributed by atoms with van der Waals surface area (Å²) < 4.78 is 5.34. The third kappa shape index (κ3) is 3.74. The molecule has 5 heteroatoms. The first kappa shape index (κ1) is 17.2. The van der Waals surface area contributed by atoms with Crippen LogP contribution >= 0.6 is 11.6 Å². The second-order valence-corrected chi connectivity index (χ2v) is 6.41. The van der Waals surface area contributed by atoms with Crippen LogP contribution < -0.4 is 0 Å². The van der Waals surface area contributed by atoms with Crippen LogP contribution in [0.1, 0.15) is 28.5 Å². The normalized spacial score (nSPS) is 12.1. The number of H-pyrrole nitrogens is 1. The molecule has 0 aliphatic heterocycles. The number of carbonyl (C=O) groups excluding carboxylic acids is 2. The van der Waals surface area contributed by atoms with Crippen molar-refractivity contribution in [2.45, 2.75) is 26.4 Å². The number of aryl methyl sites for hydroxylation is 1. The van der Waals surface area contributed by atoms with Gasteiger partial charge < -0.3 is 9.72 Å². The number of carbonyl (C=O) groups is 2. The van der Waals surface area contributed by atoms with Gasteiger partial charge in [-0.1, -0.05) is 41.9 Å². The Morgan fingerprint density at radius 2 is 1.80 bits per heavy atom. The molecular weight excluding hydrogens is 338 g/mol. The van der Waals surface area contributed by atoms with Gasteiger partial charge in [-0.3, -0.25) is 9.59 Å². The van der Waals surface area contributed by atoms with Crippen LogP contribution in [0.5, 0.6) is 0 Å². The highest BCUT2D eigenvalue weighted by atomic mass is 35.5. The van der Waals surface area contributed by atoms with Crippen LogP contribution in [-0.4, -0.2) is 22.8 Å². The lowest BCUT2D eigenvalue weighted by Crippen LogP contribution is -2.25.